The first kappa shape index (κ1) is 19.1. The van der Waals surface area contributed by atoms with Crippen LogP contribution in [0.15, 0.2) is 51.9 Å². The fraction of sp³-hybridized carbons (Fsp3) is 0.211. The highest BCUT2D eigenvalue weighted by molar-refractivity contribution is 7.89. The van der Waals surface area contributed by atoms with E-state index in [0.717, 1.165) is 10.4 Å². The molecule has 2 aromatic carbocycles. The summed E-state index contributed by atoms with van der Waals surface area (Å²) in [6.45, 7) is 1.71. The summed E-state index contributed by atoms with van der Waals surface area (Å²) in [5.41, 5.74) is 0.601. The van der Waals surface area contributed by atoms with Gasteiger partial charge in [-0.05, 0) is 36.8 Å². The number of carbonyl (C=O) groups excluding carboxylic acids is 1. The van der Waals surface area contributed by atoms with Crippen LogP contribution in [0.5, 0.6) is 0 Å². The molecule has 4 rings (SSSR count). The predicted molar refractivity (Wildman–Crippen MR) is 106 cm³/mol. The van der Waals surface area contributed by atoms with E-state index >= 15 is 0 Å². The van der Waals surface area contributed by atoms with Crippen molar-refractivity contribution >= 4 is 39.1 Å². The topological polar surface area (TPSA) is 105 Å². The van der Waals surface area contributed by atoms with Crippen LogP contribution in [-0.2, 0) is 15.6 Å². The Morgan fingerprint density at radius 2 is 2.07 bits per heavy atom. The molecule has 1 aromatic heterocycles. The molecule has 0 saturated carbocycles. The molecule has 0 aliphatic carbocycles. The minimum atomic E-state index is -3.47. The number of carbonyl (C=O) groups is 1. The van der Waals surface area contributed by atoms with Gasteiger partial charge in [0, 0.05) is 18.8 Å². The molecule has 1 unspecified atom stereocenters. The van der Waals surface area contributed by atoms with Crippen molar-refractivity contribution in [3.8, 4) is 0 Å². The summed E-state index contributed by atoms with van der Waals surface area (Å²) in [7, 11) is -2.04. The second kappa shape index (κ2) is 6.66. The van der Waals surface area contributed by atoms with Crippen LogP contribution in [-0.4, -0.2) is 42.8 Å². The normalized spacial score (nSPS) is 20.7. The Bertz CT molecular complexity index is 1250. The van der Waals surface area contributed by atoms with Crippen molar-refractivity contribution in [1.29, 1.82) is 0 Å². The van der Waals surface area contributed by atoms with Crippen LogP contribution in [0.2, 0.25) is 0 Å². The third-order valence-corrected chi connectivity index (χ3v) is 6.59. The molecule has 1 aliphatic rings. The number of nitrogens with one attached hydrogen (secondary N) is 1. The average molecular weight is 416 g/mol. The van der Waals surface area contributed by atoms with Crippen LogP contribution in [0.25, 0.3) is 11.1 Å². The Hall–Kier alpha value is -3.27. The molecule has 0 fully saturated rings. The zero-order valence-electron chi connectivity index (χ0n) is 15.6. The summed E-state index contributed by atoms with van der Waals surface area (Å²) in [6, 6.07) is 10.5. The lowest BCUT2D eigenvalue weighted by Crippen LogP contribution is -2.42. The highest BCUT2D eigenvalue weighted by atomic mass is 32.2. The van der Waals surface area contributed by atoms with Crippen LogP contribution in [0, 0.1) is 5.82 Å². The zero-order valence-corrected chi connectivity index (χ0v) is 16.4. The molecular formula is C19H17FN4O4S. The number of sulfonamides is 1. The number of oxazole rings is 1. The van der Waals surface area contributed by atoms with E-state index in [2.05, 4.69) is 15.3 Å². The molecule has 1 N–H and O–H groups in total. The fourth-order valence-corrected chi connectivity index (χ4v) is 4.39. The Kier molecular flexibility index (Phi) is 4.38. The molecule has 0 bridgehead atoms. The molecule has 2 heterocycles. The lowest BCUT2D eigenvalue weighted by Gasteiger charge is -2.32. The number of aromatic nitrogens is 1. The van der Waals surface area contributed by atoms with E-state index < -0.39 is 27.3 Å². The van der Waals surface area contributed by atoms with E-state index in [9.17, 15) is 17.6 Å². The van der Waals surface area contributed by atoms with Gasteiger partial charge in [0.15, 0.2) is 5.58 Å². The monoisotopic (exact) mass is 416 g/mol. The van der Waals surface area contributed by atoms with E-state index in [0.29, 0.717) is 16.8 Å². The highest BCUT2D eigenvalue weighted by Crippen LogP contribution is 2.32. The summed E-state index contributed by atoms with van der Waals surface area (Å²) in [5.74, 6) is -1.50. The number of hydrogen-bond acceptors (Lipinski definition) is 6. The molecule has 0 spiro atoms. The molecule has 0 radical (unpaired) electrons. The molecular weight excluding hydrogens is 399 g/mol. The maximum atomic E-state index is 13.3. The van der Waals surface area contributed by atoms with E-state index in [1.807, 2.05) is 0 Å². The number of hydrogen-bond donors (Lipinski definition) is 1. The van der Waals surface area contributed by atoms with Gasteiger partial charge in [-0.3, -0.25) is 14.1 Å². The lowest BCUT2D eigenvalue weighted by atomic mass is 9.94. The van der Waals surface area contributed by atoms with E-state index in [1.54, 1.807) is 31.2 Å². The van der Waals surface area contributed by atoms with Gasteiger partial charge < -0.3 is 9.73 Å². The number of rotatable bonds is 3. The Balaban J connectivity index is 1.60. The van der Waals surface area contributed by atoms with Gasteiger partial charge in [0.05, 0.1) is 12.1 Å². The van der Waals surface area contributed by atoms with Crippen LogP contribution in [0.4, 0.5) is 10.1 Å². The quantitative estimate of drug-likeness (QED) is 0.707. The third-order valence-electron chi connectivity index (χ3n) is 4.69. The number of fused-ring (bicyclic) bond motifs is 1. The highest BCUT2D eigenvalue weighted by Gasteiger charge is 2.37. The van der Waals surface area contributed by atoms with E-state index in [4.69, 9.17) is 4.42 Å². The summed E-state index contributed by atoms with van der Waals surface area (Å²) >= 11 is 0. The van der Waals surface area contributed by atoms with Crippen molar-refractivity contribution in [2.45, 2.75) is 12.5 Å². The largest absolute Gasteiger partial charge is 0.432 e. The Labute approximate surface area is 166 Å². The number of benzene rings is 2. The molecule has 1 aliphatic heterocycles. The van der Waals surface area contributed by atoms with Crippen LogP contribution in [0.3, 0.4) is 0 Å². The van der Waals surface area contributed by atoms with Crippen LogP contribution < -0.4 is 5.32 Å². The number of amides is 1. The zero-order chi connectivity index (χ0) is 20.8. The molecule has 29 heavy (non-hydrogen) atoms. The van der Waals surface area contributed by atoms with Crippen LogP contribution in [0.1, 0.15) is 23.2 Å². The fourth-order valence-electron chi connectivity index (χ4n) is 3.04. The van der Waals surface area contributed by atoms with Gasteiger partial charge in [0.1, 0.15) is 16.9 Å². The summed E-state index contributed by atoms with van der Waals surface area (Å²) in [6.07, 6.45) is 1.28. The first-order valence-electron chi connectivity index (χ1n) is 8.65. The van der Waals surface area contributed by atoms with Crippen molar-refractivity contribution in [2.24, 2.45) is 4.99 Å². The molecule has 0 saturated heterocycles. The number of anilines is 1. The summed E-state index contributed by atoms with van der Waals surface area (Å²) in [5, 5.41) is 2.66. The van der Waals surface area contributed by atoms with Crippen LogP contribution >= 0.6 is 0 Å². The van der Waals surface area contributed by atoms with Crippen molar-refractivity contribution in [3.63, 3.8) is 0 Å². The van der Waals surface area contributed by atoms with Crippen molar-refractivity contribution < 1.29 is 22.0 Å². The van der Waals surface area contributed by atoms with Crippen molar-refractivity contribution in [2.75, 3.05) is 18.1 Å². The Morgan fingerprint density at radius 1 is 1.28 bits per heavy atom. The minimum Gasteiger partial charge on any atom is -0.432 e. The lowest BCUT2D eigenvalue weighted by molar-refractivity contribution is 0.0992. The average Bonchev–Trinajstić information content (AvgIpc) is 3.08. The van der Waals surface area contributed by atoms with Gasteiger partial charge in [-0.2, -0.15) is 0 Å². The van der Waals surface area contributed by atoms with E-state index in [-0.39, 0.29) is 17.2 Å². The summed E-state index contributed by atoms with van der Waals surface area (Å²) in [4.78, 5) is 20.9. The molecule has 1 atom stereocenters. The second-order valence-electron chi connectivity index (χ2n) is 6.96. The third kappa shape index (κ3) is 3.58. The van der Waals surface area contributed by atoms with Gasteiger partial charge in [0.25, 0.3) is 5.89 Å². The van der Waals surface area contributed by atoms with Crippen molar-refractivity contribution in [1.82, 2.24) is 9.29 Å². The van der Waals surface area contributed by atoms with Gasteiger partial charge in [0.2, 0.25) is 10.0 Å². The molecule has 1 amide bonds. The van der Waals surface area contributed by atoms with Gasteiger partial charge >= 0.3 is 5.91 Å². The second-order valence-corrected chi connectivity index (χ2v) is 8.99. The standard InChI is InChI=1S/C19H17FN4O4S/c1-19(10-29(26,27)24(2)11-21-19)12-4-3-5-14(8-12)22-17(25)18-23-15-7-6-13(20)9-16(15)28-18/h3-9,11H,10H2,1-2H3,(H,22,25). The predicted octanol–water partition coefficient (Wildman–Crippen LogP) is 2.74. The number of nitrogens with zero attached hydrogens (tertiary/aromatic N) is 3. The molecule has 150 valence electrons. The number of halogens is 1. The maximum absolute atomic E-state index is 13.3. The minimum absolute atomic E-state index is 0.169. The molecule has 3 aromatic rings. The SMILES string of the molecule is CN1C=NC(C)(c2cccc(NC(=O)c3nc4ccc(F)cc4o3)c2)CS1(=O)=O. The molecule has 8 nitrogen and oxygen atoms in total. The van der Waals surface area contributed by atoms with Crippen molar-refractivity contribution in [3.05, 3.63) is 59.7 Å². The number of aliphatic imine (C=N–C) groups is 1. The first-order valence-corrected chi connectivity index (χ1v) is 10.3. The smallest absolute Gasteiger partial charge is 0.311 e. The van der Waals surface area contributed by atoms with Gasteiger partial charge in [-0.15, -0.1) is 0 Å². The molecule has 10 heteroatoms. The maximum Gasteiger partial charge on any atom is 0.311 e. The Morgan fingerprint density at radius 3 is 2.83 bits per heavy atom. The first-order chi connectivity index (χ1) is 13.7. The van der Waals surface area contributed by atoms with E-state index in [1.165, 1.54) is 25.5 Å². The van der Waals surface area contributed by atoms with Gasteiger partial charge in [-0.1, -0.05) is 12.1 Å². The van der Waals surface area contributed by atoms with Gasteiger partial charge in [-0.25, -0.2) is 17.8 Å². The summed E-state index contributed by atoms with van der Waals surface area (Å²) < 4.78 is 44.2.